The van der Waals surface area contributed by atoms with E-state index in [0.717, 1.165) is 6.07 Å². The lowest BCUT2D eigenvalue weighted by Crippen LogP contribution is -2.47. The molecule has 8 heteroatoms. The van der Waals surface area contributed by atoms with Crippen molar-refractivity contribution in [2.24, 2.45) is 5.92 Å². The van der Waals surface area contributed by atoms with Crippen LogP contribution in [0.3, 0.4) is 0 Å². The van der Waals surface area contributed by atoms with E-state index in [9.17, 15) is 18.0 Å². The summed E-state index contributed by atoms with van der Waals surface area (Å²) in [6.45, 7) is 3.09. The summed E-state index contributed by atoms with van der Waals surface area (Å²) >= 11 is 0. The second-order valence-electron chi connectivity index (χ2n) is 6.07. The number of hydrogen-bond acceptors (Lipinski definition) is 4. The third kappa shape index (κ3) is 3.63. The molecule has 0 N–H and O–H groups in total. The average Bonchev–Trinajstić information content (AvgIpc) is 2.61. The third-order valence-electron chi connectivity index (χ3n) is 4.56. The first kappa shape index (κ1) is 17.0. The Hall–Kier alpha value is -1.83. The van der Waals surface area contributed by atoms with Crippen molar-refractivity contribution in [3.63, 3.8) is 0 Å². The number of amides is 1. The van der Waals surface area contributed by atoms with E-state index in [1.54, 1.807) is 9.80 Å². The quantitative estimate of drug-likeness (QED) is 0.826. The number of aromatic nitrogens is 1. The number of hydrogen-bond donors (Lipinski definition) is 0. The molecular formula is C16H20F3N3O2. The number of halogens is 3. The van der Waals surface area contributed by atoms with Crippen LogP contribution in [0.1, 0.15) is 18.4 Å². The minimum atomic E-state index is -4.43. The van der Waals surface area contributed by atoms with Gasteiger partial charge in [-0.1, -0.05) is 0 Å². The summed E-state index contributed by atoms with van der Waals surface area (Å²) in [6, 6.07) is 2.34. The van der Waals surface area contributed by atoms with Gasteiger partial charge in [-0.3, -0.25) is 4.79 Å². The van der Waals surface area contributed by atoms with E-state index in [2.05, 4.69) is 4.98 Å². The van der Waals surface area contributed by atoms with Crippen molar-refractivity contribution < 1.29 is 22.7 Å². The van der Waals surface area contributed by atoms with Crippen LogP contribution in [-0.2, 0) is 15.7 Å². The molecule has 24 heavy (non-hydrogen) atoms. The smallest absolute Gasteiger partial charge is 0.378 e. The minimum Gasteiger partial charge on any atom is -0.378 e. The highest BCUT2D eigenvalue weighted by Crippen LogP contribution is 2.36. The summed E-state index contributed by atoms with van der Waals surface area (Å²) in [4.78, 5) is 19.8. The Morgan fingerprint density at radius 2 is 1.83 bits per heavy atom. The third-order valence-corrected chi connectivity index (χ3v) is 4.56. The summed E-state index contributed by atoms with van der Waals surface area (Å²) < 4.78 is 44.6. The van der Waals surface area contributed by atoms with Gasteiger partial charge in [0.25, 0.3) is 0 Å². The Kier molecular flexibility index (Phi) is 4.93. The Morgan fingerprint density at radius 3 is 2.46 bits per heavy atom. The minimum absolute atomic E-state index is 0.0396. The first-order chi connectivity index (χ1) is 11.5. The Morgan fingerprint density at radius 1 is 1.17 bits per heavy atom. The van der Waals surface area contributed by atoms with E-state index in [1.165, 1.54) is 12.3 Å². The van der Waals surface area contributed by atoms with Crippen LogP contribution in [0.5, 0.6) is 0 Å². The van der Waals surface area contributed by atoms with Crippen molar-refractivity contribution >= 4 is 11.7 Å². The molecule has 3 heterocycles. The molecule has 0 spiro atoms. The first-order valence-corrected chi connectivity index (χ1v) is 8.10. The van der Waals surface area contributed by atoms with Crippen molar-refractivity contribution in [1.29, 1.82) is 0 Å². The van der Waals surface area contributed by atoms with E-state index in [-0.39, 0.29) is 17.6 Å². The zero-order valence-corrected chi connectivity index (χ0v) is 13.3. The molecule has 0 aromatic carbocycles. The van der Waals surface area contributed by atoms with E-state index in [1.807, 2.05) is 0 Å². The second-order valence-corrected chi connectivity index (χ2v) is 6.07. The fraction of sp³-hybridized carbons (Fsp3) is 0.625. The Labute approximate surface area is 138 Å². The molecule has 2 saturated heterocycles. The molecule has 2 aliphatic heterocycles. The number of anilines is 1. The molecule has 132 valence electrons. The standard InChI is InChI=1S/C16H20F3N3O2/c17-16(18,19)13-2-1-5-20-14(13)21-6-3-12(4-7-21)15(23)22-8-10-24-11-9-22/h1-2,5,12H,3-4,6-11H2. The molecule has 0 atom stereocenters. The number of nitrogens with zero attached hydrogens (tertiary/aromatic N) is 3. The summed E-state index contributed by atoms with van der Waals surface area (Å²) in [6.07, 6.45) is -1.96. The van der Waals surface area contributed by atoms with E-state index in [0.29, 0.717) is 52.2 Å². The topological polar surface area (TPSA) is 45.7 Å². The molecule has 5 nitrogen and oxygen atoms in total. The van der Waals surface area contributed by atoms with Crippen molar-refractivity contribution in [3.8, 4) is 0 Å². The highest BCUT2D eigenvalue weighted by Gasteiger charge is 2.37. The molecule has 0 saturated carbocycles. The maximum absolute atomic E-state index is 13.1. The largest absolute Gasteiger partial charge is 0.419 e. The van der Waals surface area contributed by atoms with Gasteiger partial charge in [-0.15, -0.1) is 0 Å². The van der Waals surface area contributed by atoms with Crippen LogP contribution in [0, 0.1) is 5.92 Å². The molecule has 1 aromatic rings. The zero-order chi connectivity index (χ0) is 17.2. The van der Waals surface area contributed by atoms with Crippen molar-refractivity contribution in [2.75, 3.05) is 44.3 Å². The molecule has 0 unspecified atom stereocenters. The molecule has 2 aliphatic rings. The van der Waals surface area contributed by atoms with Crippen LogP contribution >= 0.6 is 0 Å². The zero-order valence-electron chi connectivity index (χ0n) is 13.3. The normalized spacial score (nSPS) is 20.3. The molecule has 1 amide bonds. The van der Waals surface area contributed by atoms with E-state index in [4.69, 9.17) is 4.74 Å². The van der Waals surface area contributed by atoms with Crippen LogP contribution in [-0.4, -0.2) is 55.2 Å². The Balaban J connectivity index is 1.64. The lowest BCUT2D eigenvalue weighted by Gasteiger charge is -2.36. The predicted octanol–water partition coefficient (Wildman–Crippen LogP) is 2.18. The van der Waals surface area contributed by atoms with Gasteiger partial charge in [0.1, 0.15) is 5.82 Å². The fourth-order valence-corrected chi connectivity index (χ4v) is 3.25. The molecule has 1 aromatic heterocycles. The van der Waals surface area contributed by atoms with Gasteiger partial charge in [0.2, 0.25) is 5.91 Å². The maximum atomic E-state index is 13.1. The summed E-state index contributed by atoms with van der Waals surface area (Å²) in [5.41, 5.74) is -0.719. The second kappa shape index (κ2) is 6.96. The summed E-state index contributed by atoms with van der Waals surface area (Å²) in [5, 5.41) is 0. The van der Waals surface area contributed by atoms with E-state index < -0.39 is 11.7 Å². The highest BCUT2D eigenvalue weighted by atomic mass is 19.4. The van der Waals surface area contributed by atoms with Gasteiger partial charge < -0.3 is 14.5 Å². The monoisotopic (exact) mass is 343 g/mol. The summed E-state index contributed by atoms with van der Waals surface area (Å²) in [7, 11) is 0. The highest BCUT2D eigenvalue weighted by molar-refractivity contribution is 5.79. The number of rotatable bonds is 2. The predicted molar refractivity (Wildman–Crippen MR) is 81.6 cm³/mol. The maximum Gasteiger partial charge on any atom is 0.419 e. The first-order valence-electron chi connectivity index (χ1n) is 8.10. The van der Waals surface area contributed by atoms with Gasteiger partial charge in [-0.2, -0.15) is 13.2 Å². The van der Waals surface area contributed by atoms with Gasteiger partial charge in [-0.05, 0) is 25.0 Å². The number of alkyl halides is 3. The van der Waals surface area contributed by atoms with Crippen LogP contribution in [0.2, 0.25) is 0 Å². The number of piperidine rings is 1. The van der Waals surface area contributed by atoms with Gasteiger partial charge in [0.05, 0.1) is 18.8 Å². The molecule has 3 rings (SSSR count). The average molecular weight is 343 g/mol. The van der Waals surface area contributed by atoms with Crippen molar-refractivity contribution in [3.05, 3.63) is 23.9 Å². The Bertz CT molecular complexity index is 580. The van der Waals surface area contributed by atoms with Crippen LogP contribution < -0.4 is 4.90 Å². The SMILES string of the molecule is O=C(C1CCN(c2ncccc2C(F)(F)F)CC1)N1CCOCC1. The number of ether oxygens (including phenoxy) is 1. The molecule has 2 fully saturated rings. The van der Waals surface area contributed by atoms with Gasteiger partial charge in [0, 0.05) is 38.3 Å². The number of carbonyl (C=O) groups is 1. The number of pyridine rings is 1. The van der Waals surface area contributed by atoms with Crippen LogP contribution in [0.4, 0.5) is 19.0 Å². The number of carbonyl (C=O) groups excluding carboxylic acids is 1. The van der Waals surface area contributed by atoms with Gasteiger partial charge in [-0.25, -0.2) is 4.98 Å². The molecule has 0 radical (unpaired) electrons. The van der Waals surface area contributed by atoms with Gasteiger partial charge >= 0.3 is 6.18 Å². The molecular weight excluding hydrogens is 323 g/mol. The summed E-state index contributed by atoms with van der Waals surface area (Å²) in [5.74, 6) is -0.0744. The lowest BCUT2D eigenvalue weighted by atomic mass is 9.94. The number of morpholine rings is 1. The van der Waals surface area contributed by atoms with Gasteiger partial charge in [0.15, 0.2) is 0 Å². The van der Waals surface area contributed by atoms with Crippen molar-refractivity contribution in [1.82, 2.24) is 9.88 Å². The van der Waals surface area contributed by atoms with Crippen LogP contribution in [0.25, 0.3) is 0 Å². The molecule has 0 aliphatic carbocycles. The molecule has 0 bridgehead atoms. The van der Waals surface area contributed by atoms with E-state index >= 15 is 0 Å². The fourth-order valence-electron chi connectivity index (χ4n) is 3.25. The van der Waals surface area contributed by atoms with Crippen molar-refractivity contribution in [2.45, 2.75) is 19.0 Å². The van der Waals surface area contributed by atoms with Crippen LogP contribution in [0.15, 0.2) is 18.3 Å². The lowest BCUT2D eigenvalue weighted by molar-refractivity contribution is -0.140.